The van der Waals surface area contributed by atoms with Gasteiger partial charge in [-0.3, -0.25) is 4.21 Å². The molecule has 14 heavy (non-hydrogen) atoms. The van der Waals surface area contributed by atoms with E-state index >= 15 is 0 Å². The fourth-order valence-corrected chi connectivity index (χ4v) is 1.79. The van der Waals surface area contributed by atoms with Gasteiger partial charge in [0.1, 0.15) is 11.0 Å². The average molecular weight is 299 g/mol. The Labute approximate surface area is 98.1 Å². The molecule has 78 valence electrons. The lowest BCUT2D eigenvalue weighted by molar-refractivity contribution is 0.679. The molecule has 0 amide bonds. The minimum absolute atomic E-state index is 0.231. The SMILES string of the molecule is CCNc1nc([S@@](C)=O)nc(Cl)c1Br. The van der Waals surface area contributed by atoms with Crippen LogP contribution in [-0.4, -0.2) is 27.0 Å². The zero-order chi connectivity index (χ0) is 10.7. The molecule has 0 aliphatic heterocycles. The third-order valence-electron chi connectivity index (χ3n) is 1.39. The van der Waals surface area contributed by atoms with Crippen LogP contribution in [0.1, 0.15) is 6.92 Å². The van der Waals surface area contributed by atoms with Crippen LogP contribution in [0.25, 0.3) is 0 Å². The average Bonchev–Trinajstić information content (AvgIpc) is 2.12. The van der Waals surface area contributed by atoms with Gasteiger partial charge in [0.25, 0.3) is 0 Å². The lowest BCUT2D eigenvalue weighted by Crippen LogP contribution is -2.05. The molecule has 0 aromatic carbocycles. The predicted octanol–water partition coefficient (Wildman–Crippen LogP) is 2.06. The maximum atomic E-state index is 11.1. The first-order chi connectivity index (χ1) is 6.56. The summed E-state index contributed by atoms with van der Waals surface area (Å²) in [5.74, 6) is 0.567. The molecule has 7 heteroatoms. The van der Waals surface area contributed by atoms with Gasteiger partial charge < -0.3 is 5.32 Å². The van der Waals surface area contributed by atoms with Gasteiger partial charge in [-0.15, -0.1) is 0 Å². The Kier molecular flexibility index (Phi) is 4.28. The monoisotopic (exact) mass is 297 g/mol. The summed E-state index contributed by atoms with van der Waals surface area (Å²) in [6.07, 6.45) is 1.51. The number of nitrogens with one attached hydrogen (secondary N) is 1. The molecule has 0 aliphatic carbocycles. The fourth-order valence-electron chi connectivity index (χ4n) is 0.814. The van der Waals surface area contributed by atoms with E-state index in [1.54, 1.807) is 0 Å². The Morgan fingerprint density at radius 2 is 2.21 bits per heavy atom. The number of nitrogens with zero attached hydrogens (tertiary/aromatic N) is 2. The summed E-state index contributed by atoms with van der Waals surface area (Å²) in [7, 11) is -1.23. The second kappa shape index (κ2) is 5.04. The number of hydrogen-bond donors (Lipinski definition) is 1. The maximum absolute atomic E-state index is 11.1. The van der Waals surface area contributed by atoms with Crippen molar-refractivity contribution in [2.75, 3.05) is 18.1 Å². The third-order valence-corrected chi connectivity index (χ3v) is 3.34. The van der Waals surface area contributed by atoms with Crippen molar-refractivity contribution in [2.24, 2.45) is 0 Å². The van der Waals surface area contributed by atoms with E-state index in [0.29, 0.717) is 16.8 Å². The van der Waals surface area contributed by atoms with Crippen LogP contribution >= 0.6 is 27.5 Å². The van der Waals surface area contributed by atoms with Crippen molar-refractivity contribution in [1.82, 2.24) is 9.97 Å². The van der Waals surface area contributed by atoms with Crippen LogP contribution in [-0.2, 0) is 10.8 Å². The van der Waals surface area contributed by atoms with E-state index in [1.165, 1.54) is 6.26 Å². The first-order valence-electron chi connectivity index (χ1n) is 3.86. The van der Waals surface area contributed by atoms with Crippen molar-refractivity contribution in [3.63, 3.8) is 0 Å². The first kappa shape index (κ1) is 11.9. The Bertz CT molecular complexity index is 374. The summed E-state index contributed by atoms with van der Waals surface area (Å²) in [6, 6.07) is 0. The van der Waals surface area contributed by atoms with Gasteiger partial charge in [0.15, 0.2) is 0 Å². The van der Waals surface area contributed by atoms with Gasteiger partial charge >= 0.3 is 0 Å². The molecular weight excluding hydrogens is 290 g/mol. The number of hydrogen-bond acceptors (Lipinski definition) is 4. The summed E-state index contributed by atoms with van der Waals surface area (Å²) >= 11 is 9.07. The van der Waals surface area contributed by atoms with Gasteiger partial charge in [-0.05, 0) is 22.9 Å². The third kappa shape index (κ3) is 2.65. The second-order valence-corrected chi connectivity index (χ2v) is 4.87. The molecule has 0 saturated carbocycles. The van der Waals surface area contributed by atoms with Crippen LogP contribution < -0.4 is 5.32 Å². The zero-order valence-corrected chi connectivity index (χ0v) is 10.8. The molecule has 0 bridgehead atoms. The molecule has 1 N–H and O–H groups in total. The molecule has 0 saturated heterocycles. The Hall–Kier alpha value is -0.200. The van der Waals surface area contributed by atoms with Crippen molar-refractivity contribution in [3.05, 3.63) is 9.63 Å². The summed E-state index contributed by atoms with van der Waals surface area (Å²) in [6.45, 7) is 2.65. The molecule has 0 radical (unpaired) electrons. The molecule has 1 atom stereocenters. The minimum Gasteiger partial charge on any atom is -0.369 e. The summed E-state index contributed by atoms with van der Waals surface area (Å²) in [4.78, 5) is 7.95. The van der Waals surface area contributed by atoms with E-state index in [1.807, 2.05) is 6.92 Å². The van der Waals surface area contributed by atoms with Crippen LogP contribution in [0.15, 0.2) is 9.63 Å². The van der Waals surface area contributed by atoms with Crippen LogP contribution in [0.5, 0.6) is 0 Å². The Morgan fingerprint density at radius 1 is 1.57 bits per heavy atom. The van der Waals surface area contributed by atoms with Crippen molar-refractivity contribution in [1.29, 1.82) is 0 Å². The smallest absolute Gasteiger partial charge is 0.221 e. The highest BCUT2D eigenvalue weighted by atomic mass is 79.9. The van der Waals surface area contributed by atoms with E-state index < -0.39 is 10.8 Å². The van der Waals surface area contributed by atoms with Crippen LogP contribution in [0.4, 0.5) is 5.82 Å². The van der Waals surface area contributed by atoms with Crippen molar-refractivity contribution >= 4 is 44.1 Å². The highest BCUT2D eigenvalue weighted by Crippen LogP contribution is 2.27. The van der Waals surface area contributed by atoms with Crippen molar-refractivity contribution in [2.45, 2.75) is 12.1 Å². The summed E-state index contributed by atoms with van der Waals surface area (Å²) in [5, 5.41) is 3.49. The Morgan fingerprint density at radius 3 is 2.71 bits per heavy atom. The summed E-state index contributed by atoms with van der Waals surface area (Å²) in [5.41, 5.74) is 0. The van der Waals surface area contributed by atoms with Gasteiger partial charge in [-0.25, -0.2) is 9.97 Å². The molecule has 4 nitrogen and oxygen atoms in total. The number of aromatic nitrogens is 2. The normalized spacial score (nSPS) is 12.6. The maximum Gasteiger partial charge on any atom is 0.221 e. The predicted molar refractivity (Wildman–Crippen MR) is 61.2 cm³/mol. The summed E-state index contributed by atoms with van der Waals surface area (Å²) < 4.78 is 11.7. The molecule has 0 fully saturated rings. The zero-order valence-electron chi connectivity index (χ0n) is 7.67. The van der Waals surface area contributed by atoms with E-state index in [9.17, 15) is 4.21 Å². The minimum atomic E-state index is -1.23. The number of rotatable bonds is 3. The van der Waals surface area contributed by atoms with Crippen molar-refractivity contribution in [3.8, 4) is 0 Å². The number of anilines is 1. The molecule has 0 unspecified atom stereocenters. The number of halogens is 2. The molecule has 1 heterocycles. The largest absolute Gasteiger partial charge is 0.369 e. The van der Waals surface area contributed by atoms with E-state index in [0.717, 1.165) is 0 Å². The van der Waals surface area contributed by atoms with Gasteiger partial charge in [0.05, 0.1) is 15.3 Å². The van der Waals surface area contributed by atoms with Gasteiger partial charge in [0.2, 0.25) is 5.16 Å². The first-order valence-corrected chi connectivity index (χ1v) is 6.59. The van der Waals surface area contributed by atoms with Gasteiger partial charge in [-0.2, -0.15) is 0 Å². The van der Waals surface area contributed by atoms with E-state index in [4.69, 9.17) is 11.6 Å². The van der Waals surface area contributed by atoms with Gasteiger partial charge in [-0.1, -0.05) is 11.6 Å². The second-order valence-electron chi connectivity index (χ2n) is 2.44. The van der Waals surface area contributed by atoms with Crippen LogP contribution in [0, 0.1) is 0 Å². The van der Waals surface area contributed by atoms with Gasteiger partial charge in [0, 0.05) is 12.8 Å². The quantitative estimate of drug-likeness (QED) is 0.685. The van der Waals surface area contributed by atoms with Crippen molar-refractivity contribution < 1.29 is 4.21 Å². The molecule has 1 rings (SSSR count). The molecule has 0 aliphatic rings. The van der Waals surface area contributed by atoms with E-state index in [-0.39, 0.29) is 10.3 Å². The Balaban J connectivity index is 3.20. The standard InChI is InChI=1S/C7H9BrClN3OS/c1-3-10-6-4(8)5(9)11-7(12-6)14(2)13/h3H2,1-2H3,(H,10,11,12)/t14-/m1/s1. The van der Waals surface area contributed by atoms with Crippen LogP contribution in [0.2, 0.25) is 5.15 Å². The van der Waals surface area contributed by atoms with Crippen LogP contribution in [0.3, 0.4) is 0 Å². The highest BCUT2D eigenvalue weighted by molar-refractivity contribution is 9.10. The van der Waals surface area contributed by atoms with E-state index in [2.05, 4.69) is 31.2 Å². The lowest BCUT2D eigenvalue weighted by Gasteiger charge is -2.07. The highest BCUT2D eigenvalue weighted by Gasteiger charge is 2.11. The molecule has 0 spiro atoms. The molecular formula is C7H9BrClN3OS. The fraction of sp³-hybridized carbons (Fsp3) is 0.429. The topological polar surface area (TPSA) is 54.9 Å². The molecule has 1 aromatic heterocycles. The lowest BCUT2D eigenvalue weighted by atomic mass is 10.5. The molecule has 1 aromatic rings.